The number of amides is 2. The highest BCUT2D eigenvalue weighted by Gasteiger charge is 2.28. The van der Waals surface area contributed by atoms with Gasteiger partial charge in [-0.3, -0.25) is 9.59 Å². The largest absolute Gasteiger partial charge is 0.495 e. The Hall–Kier alpha value is -2.45. The number of rotatable bonds is 6. The number of halogens is 3. The number of hydrogen-bond donors (Lipinski definition) is 3. The number of anilines is 2. The molecule has 0 heterocycles. The zero-order chi connectivity index (χ0) is 17.6. The third-order valence-corrected chi connectivity index (χ3v) is 2.75. The molecule has 0 unspecified atom stereocenters. The summed E-state index contributed by atoms with van der Waals surface area (Å²) in [7, 11) is 1.41. The molecule has 6 nitrogen and oxygen atoms in total. The number of ether oxygens (including phenoxy) is 1. The van der Waals surface area contributed by atoms with Gasteiger partial charge in [-0.2, -0.15) is 13.2 Å². The van der Waals surface area contributed by atoms with Gasteiger partial charge in [-0.25, -0.2) is 0 Å². The minimum absolute atomic E-state index is 0.280. The van der Waals surface area contributed by atoms with E-state index in [1.54, 1.807) is 17.4 Å². The van der Waals surface area contributed by atoms with Gasteiger partial charge in [0, 0.05) is 12.6 Å². The van der Waals surface area contributed by atoms with Crippen LogP contribution < -0.4 is 20.7 Å². The van der Waals surface area contributed by atoms with Crippen LogP contribution in [0.5, 0.6) is 5.75 Å². The minimum atomic E-state index is -4.47. The first-order chi connectivity index (χ1) is 10.6. The average molecular weight is 333 g/mol. The summed E-state index contributed by atoms with van der Waals surface area (Å²) in [5.41, 5.74) is 0.831. The third kappa shape index (κ3) is 6.45. The molecule has 0 aromatic heterocycles. The fraction of sp³-hybridized carbons (Fsp3) is 0.429. The molecule has 1 rings (SSSR count). The first kappa shape index (κ1) is 18.6. The highest BCUT2D eigenvalue weighted by Crippen LogP contribution is 2.28. The van der Waals surface area contributed by atoms with E-state index in [2.05, 4.69) is 10.6 Å². The first-order valence-electron chi connectivity index (χ1n) is 6.69. The van der Waals surface area contributed by atoms with E-state index >= 15 is 0 Å². The number of alkyl halides is 3. The maximum absolute atomic E-state index is 12.1. The second-order valence-electron chi connectivity index (χ2n) is 4.80. The Labute approximate surface area is 131 Å². The molecule has 3 N–H and O–H groups in total. The minimum Gasteiger partial charge on any atom is -0.495 e. The zero-order valence-corrected chi connectivity index (χ0v) is 12.9. The van der Waals surface area contributed by atoms with E-state index in [-0.39, 0.29) is 5.91 Å². The molecule has 0 spiro atoms. The van der Waals surface area contributed by atoms with Crippen molar-refractivity contribution in [2.75, 3.05) is 24.3 Å². The van der Waals surface area contributed by atoms with E-state index in [0.29, 0.717) is 17.1 Å². The highest BCUT2D eigenvalue weighted by atomic mass is 19.4. The Morgan fingerprint density at radius 1 is 1.30 bits per heavy atom. The van der Waals surface area contributed by atoms with Crippen molar-refractivity contribution in [1.29, 1.82) is 0 Å². The van der Waals surface area contributed by atoms with Crippen LogP contribution >= 0.6 is 0 Å². The quantitative estimate of drug-likeness (QED) is 0.745. The molecule has 128 valence electrons. The molecular weight excluding hydrogens is 315 g/mol. The van der Waals surface area contributed by atoms with Crippen LogP contribution in [-0.2, 0) is 9.59 Å². The van der Waals surface area contributed by atoms with E-state index < -0.39 is 24.7 Å². The number of carbonyl (C=O) groups excluding carboxylic acids is 2. The van der Waals surface area contributed by atoms with Gasteiger partial charge in [-0.1, -0.05) is 0 Å². The molecule has 0 saturated heterocycles. The van der Waals surface area contributed by atoms with Gasteiger partial charge in [0.1, 0.15) is 18.3 Å². The van der Waals surface area contributed by atoms with E-state index in [1.807, 2.05) is 0 Å². The zero-order valence-electron chi connectivity index (χ0n) is 12.9. The Balaban J connectivity index is 2.80. The van der Waals surface area contributed by atoms with Gasteiger partial charge in [0.2, 0.25) is 11.8 Å². The highest BCUT2D eigenvalue weighted by molar-refractivity contribution is 5.90. The molecule has 1 aromatic rings. The van der Waals surface area contributed by atoms with Gasteiger partial charge in [-0.15, -0.1) is 0 Å². The Morgan fingerprint density at radius 3 is 2.48 bits per heavy atom. The molecule has 0 saturated carbocycles. The fourth-order valence-electron chi connectivity index (χ4n) is 1.74. The van der Waals surface area contributed by atoms with Crippen LogP contribution in [0.3, 0.4) is 0 Å². The second kappa shape index (κ2) is 7.70. The predicted molar refractivity (Wildman–Crippen MR) is 79.4 cm³/mol. The SMILES string of the molecule is COc1ccc(NC(C)=O)cc1N[C@H](C)C(=O)NCC(F)(F)F. The van der Waals surface area contributed by atoms with Crippen LogP contribution in [0.25, 0.3) is 0 Å². The van der Waals surface area contributed by atoms with Gasteiger partial charge in [0.25, 0.3) is 0 Å². The fourth-order valence-corrected chi connectivity index (χ4v) is 1.74. The molecule has 2 amide bonds. The molecule has 0 bridgehead atoms. The smallest absolute Gasteiger partial charge is 0.405 e. The molecule has 0 aliphatic heterocycles. The average Bonchev–Trinajstić information content (AvgIpc) is 2.43. The lowest BCUT2D eigenvalue weighted by molar-refractivity contribution is -0.138. The molecule has 0 aliphatic carbocycles. The molecule has 0 fully saturated rings. The number of methoxy groups -OCH3 is 1. The molecule has 0 radical (unpaired) electrons. The van der Waals surface area contributed by atoms with Gasteiger partial charge in [0.05, 0.1) is 12.8 Å². The van der Waals surface area contributed by atoms with Crippen LogP contribution in [0.4, 0.5) is 24.5 Å². The molecule has 23 heavy (non-hydrogen) atoms. The number of hydrogen-bond acceptors (Lipinski definition) is 4. The maximum atomic E-state index is 12.1. The number of nitrogens with one attached hydrogen (secondary N) is 3. The van der Waals surface area contributed by atoms with Crippen molar-refractivity contribution < 1.29 is 27.5 Å². The molecule has 0 aliphatic rings. The van der Waals surface area contributed by atoms with Gasteiger partial charge >= 0.3 is 6.18 Å². The second-order valence-corrected chi connectivity index (χ2v) is 4.80. The lowest BCUT2D eigenvalue weighted by Crippen LogP contribution is -2.42. The van der Waals surface area contributed by atoms with E-state index in [1.165, 1.54) is 27.0 Å². The lowest BCUT2D eigenvalue weighted by atomic mass is 10.2. The summed E-state index contributed by atoms with van der Waals surface area (Å²) in [5.74, 6) is -0.707. The van der Waals surface area contributed by atoms with E-state index in [0.717, 1.165) is 0 Å². The summed E-state index contributed by atoms with van der Waals surface area (Å²) in [4.78, 5) is 22.7. The number of carbonyl (C=O) groups is 2. The normalized spacial score (nSPS) is 12.3. The lowest BCUT2D eigenvalue weighted by Gasteiger charge is -2.18. The van der Waals surface area contributed by atoms with Crippen molar-refractivity contribution in [3.05, 3.63) is 18.2 Å². The van der Waals surface area contributed by atoms with Crippen molar-refractivity contribution in [2.45, 2.75) is 26.1 Å². The van der Waals surface area contributed by atoms with Crippen LogP contribution in [0.15, 0.2) is 18.2 Å². The Bertz CT molecular complexity index is 576. The van der Waals surface area contributed by atoms with Crippen molar-refractivity contribution in [3.63, 3.8) is 0 Å². The van der Waals surface area contributed by atoms with Crippen LogP contribution in [-0.4, -0.2) is 37.7 Å². The van der Waals surface area contributed by atoms with Gasteiger partial charge in [-0.05, 0) is 25.1 Å². The molecular formula is C14H18F3N3O3. The molecule has 9 heteroatoms. The van der Waals surface area contributed by atoms with Crippen molar-refractivity contribution in [3.8, 4) is 5.75 Å². The van der Waals surface area contributed by atoms with Gasteiger partial charge < -0.3 is 20.7 Å². The first-order valence-corrected chi connectivity index (χ1v) is 6.69. The summed E-state index contributed by atoms with van der Waals surface area (Å²) in [6, 6.07) is 3.75. The third-order valence-electron chi connectivity index (χ3n) is 2.75. The molecule has 1 atom stereocenters. The Morgan fingerprint density at radius 2 is 1.96 bits per heavy atom. The summed E-state index contributed by atoms with van der Waals surface area (Å²) in [5, 5.41) is 7.11. The monoisotopic (exact) mass is 333 g/mol. The van der Waals surface area contributed by atoms with E-state index in [4.69, 9.17) is 4.74 Å². The van der Waals surface area contributed by atoms with Gasteiger partial charge in [0.15, 0.2) is 0 Å². The molecule has 1 aromatic carbocycles. The predicted octanol–water partition coefficient (Wildman–Crippen LogP) is 2.13. The summed E-state index contributed by atoms with van der Waals surface area (Å²) < 4.78 is 41.4. The Kier molecular flexibility index (Phi) is 6.23. The van der Waals surface area contributed by atoms with Crippen molar-refractivity contribution >= 4 is 23.2 Å². The topological polar surface area (TPSA) is 79.5 Å². The van der Waals surface area contributed by atoms with Crippen LogP contribution in [0.2, 0.25) is 0 Å². The van der Waals surface area contributed by atoms with Crippen LogP contribution in [0.1, 0.15) is 13.8 Å². The summed E-state index contributed by atoms with van der Waals surface area (Å²) >= 11 is 0. The maximum Gasteiger partial charge on any atom is 0.405 e. The van der Waals surface area contributed by atoms with Crippen molar-refractivity contribution in [1.82, 2.24) is 5.32 Å². The number of benzene rings is 1. The summed E-state index contributed by atoms with van der Waals surface area (Å²) in [6.07, 6.45) is -4.47. The van der Waals surface area contributed by atoms with Crippen molar-refractivity contribution in [2.24, 2.45) is 0 Å². The standard InChI is InChI=1S/C14H18F3N3O3/c1-8(13(22)18-7-14(15,16)17)19-11-6-10(20-9(2)21)4-5-12(11)23-3/h4-6,8,19H,7H2,1-3H3,(H,18,22)(H,20,21)/t8-/m1/s1. The van der Waals surface area contributed by atoms with E-state index in [9.17, 15) is 22.8 Å². The van der Waals surface area contributed by atoms with Crippen LogP contribution in [0, 0.1) is 0 Å². The summed E-state index contributed by atoms with van der Waals surface area (Å²) in [6.45, 7) is 1.35.